The van der Waals surface area contributed by atoms with Crippen LogP contribution in [0, 0.1) is 5.92 Å². The fourth-order valence-electron chi connectivity index (χ4n) is 3.05. The maximum absolute atomic E-state index is 12.3. The summed E-state index contributed by atoms with van der Waals surface area (Å²) in [6.07, 6.45) is 4.05. The van der Waals surface area contributed by atoms with Gasteiger partial charge in [-0.15, -0.1) is 0 Å². The van der Waals surface area contributed by atoms with Crippen LogP contribution in [-0.2, 0) is 9.47 Å². The third kappa shape index (κ3) is 3.13. The summed E-state index contributed by atoms with van der Waals surface area (Å²) >= 11 is 0. The molecule has 3 heterocycles. The number of carbonyl (C=O) groups excluding carboxylic acids is 1. The van der Waals surface area contributed by atoms with Gasteiger partial charge in [0.05, 0.1) is 23.2 Å². The van der Waals surface area contributed by atoms with Crippen LogP contribution in [0.25, 0.3) is 16.9 Å². The molecule has 6 nitrogen and oxygen atoms in total. The summed E-state index contributed by atoms with van der Waals surface area (Å²) in [5, 5.41) is 0. The Morgan fingerprint density at radius 2 is 2.16 bits per heavy atom. The first-order chi connectivity index (χ1) is 12.2. The van der Waals surface area contributed by atoms with Crippen molar-refractivity contribution in [3.8, 4) is 5.82 Å². The Kier molecular flexibility index (Phi) is 4.19. The first kappa shape index (κ1) is 15.8. The number of pyridine rings is 1. The van der Waals surface area contributed by atoms with Gasteiger partial charge in [-0.25, -0.2) is 14.8 Å². The molecule has 6 heteroatoms. The minimum atomic E-state index is -0.353. The van der Waals surface area contributed by atoms with Crippen LogP contribution < -0.4 is 0 Å². The predicted octanol–water partition coefficient (Wildman–Crippen LogP) is 3.00. The van der Waals surface area contributed by atoms with Gasteiger partial charge in [-0.2, -0.15) is 0 Å². The Morgan fingerprint density at radius 3 is 2.92 bits per heavy atom. The summed E-state index contributed by atoms with van der Waals surface area (Å²) in [4.78, 5) is 21.0. The van der Waals surface area contributed by atoms with Gasteiger partial charge in [-0.05, 0) is 37.6 Å². The molecule has 0 aliphatic carbocycles. The number of aromatic nitrogens is 3. The van der Waals surface area contributed by atoms with Gasteiger partial charge in [0.25, 0.3) is 0 Å². The van der Waals surface area contributed by atoms with E-state index >= 15 is 0 Å². The molecule has 0 N–H and O–H groups in total. The molecule has 1 aliphatic rings. The van der Waals surface area contributed by atoms with E-state index in [-0.39, 0.29) is 18.0 Å². The Balaban J connectivity index is 1.50. The van der Waals surface area contributed by atoms with E-state index in [9.17, 15) is 4.79 Å². The van der Waals surface area contributed by atoms with Crippen LogP contribution >= 0.6 is 0 Å². The Morgan fingerprint density at radius 1 is 1.28 bits per heavy atom. The number of para-hydroxylation sites is 2. The van der Waals surface area contributed by atoms with Gasteiger partial charge in [-0.1, -0.05) is 12.1 Å². The van der Waals surface area contributed by atoms with E-state index < -0.39 is 0 Å². The molecule has 0 saturated carbocycles. The number of hydrogen-bond donors (Lipinski definition) is 0. The number of ether oxygens (including phenoxy) is 2. The van der Waals surface area contributed by atoms with Crippen molar-refractivity contribution in [3.63, 3.8) is 0 Å². The van der Waals surface area contributed by atoms with Crippen LogP contribution in [-0.4, -0.2) is 39.8 Å². The highest BCUT2D eigenvalue weighted by molar-refractivity contribution is 5.89. The number of esters is 1. The number of fused-ring (bicyclic) bond motifs is 1. The monoisotopic (exact) mass is 337 g/mol. The molecule has 0 unspecified atom stereocenters. The molecular formula is C19H19N3O3. The van der Waals surface area contributed by atoms with Crippen LogP contribution in [0.5, 0.6) is 0 Å². The van der Waals surface area contributed by atoms with E-state index in [1.54, 1.807) is 24.7 Å². The first-order valence-corrected chi connectivity index (χ1v) is 8.39. The molecule has 4 rings (SSSR count). The normalized spacial score (nSPS) is 18.4. The summed E-state index contributed by atoms with van der Waals surface area (Å²) in [5.41, 5.74) is 2.32. The average molecular weight is 337 g/mol. The van der Waals surface area contributed by atoms with E-state index in [0.29, 0.717) is 18.0 Å². The van der Waals surface area contributed by atoms with Gasteiger partial charge in [0.1, 0.15) is 18.2 Å². The van der Waals surface area contributed by atoms with Crippen molar-refractivity contribution in [2.75, 3.05) is 13.2 Å². The van der Waals surface area contributed by atoms with Crippen molar-refractivity contribution < 1.29 is 14.3 Å². The quantitative estimate of drug-likeness (QED) is 0.685. The number of hydrogen-bond acceptors (Lipinski definition) is 5. The fraction of sp³-hybridized carbons (Fsp3) is 0.316. The SMILES string of the molecule is C[C@H](OC(=O)c1ccc(-n2cnc3ccccc32)nc1)[C@H]1CCOC1. The number of rotatable bonds is 4. The van der Waals surface area contributed by atoms with Gasteiger partial charge in [0.2, 0.25) is 0 Å². The molecule has 1 saturated heterocycles. The van der Waals surface area contributed by atoms with Crippen LogP contribution in [0.15, 0.2) is 48.9 Å². The van der Waals surface area contributed by atoms with Crippen molar-refractivity contribution in [2.24, 2.45) is 5.92 Å². The number of imidazole rings is 1. The van der Waals surface area contributed by atoms with Crippen molar-refractivity contribution in [2.45, 2.75) is 19.4 Å². The molecule has 0 amide bonds. The van der Waals surface area contributed by atoms with Crippen molar-refractivity contribution in [1.29, 1.82) is 0 Å². The van der Waals surface area contributed by atoms with Crippen LogP contribution in [0.3, 0.4) is 0 Å². The molecule has 1 aliphatic heterocycles. The molecule has 3 aromatic rings. The summed E-state index contributed by atoms with van der Waals surface area (Å²) in [6, 6.07) is 11.4. The summed E-state index contributed by atoms with van der Waals surface area (Å²) in [6.45, 7) is 3.30. The first-order valence-electron chi connectivity index (χ1n) is 8.39. The van der Waals surface area contributed by atoms with Crippen molar-refractivity contribution in [3.05, 3.63) is 54.5 Å². The molecule has 0 radical (unpaired) electrons. The number of benzene rings is 1. The largest absolute Gasteiger partial charge is 0.459 e. The maximum Gasteiger partial charge on any atom is 0.339 e. The Labute approximate surface area is 145 Å². The fourth-order valence-corrected chi connectivity index (χ4v) is 3.05. The van der Waals surface area contributed by atoms with E-state index in [0.717, 1.165) is 24.1 Å². The smallest absolute Gasteiger partial charge is 0.339 e. The third-order valence-corrected chi connectivity index (χ3v) is 4.61. The topological polar surface area (TPSA) is 66.2 Å². The maximum atomic E-state index is 12.3. The number of nitrogens with zero attached hydrogens (tertiary/aromatic N) is 3. The highest BCUT2D eigenvalue weighted by atomic mass is 16.5. The Bertz CT molecular complexity index is 882. The molecule has 1 aromatic carbocycles. The molecule has 2 atom stereocenters. The molecule has 0 spiro atoms. The second-order valence-corrected chi connectivity index (χ2v) is 6.24. The van der Waals surface area contributed by atoms with Crippen LogP contribution in [0.4, 0.5) is 0 Å². The lowest BCUT2D eigenvalue weighted by molar-refractivity contribution is 0.0179. The van der Waals surface area contributed by atoms with Gasteiger partial charge < -0.3 is 9.47 Å². The molecule has 25 heavy (non-hydrogen) atoms. The number of carbonyl (C=O) groups is 1. The minimum Gasteiger partial charge on any atom is -0.459 e. The zero-order valence-electron chi connectivity index (χ0n) is 14.0. The Hall–Kier alpha value is -2.73. The molecule has 1 fully saturated rings. The molecular weight excluding hydrogens is 318 g/mol. The molecule has 128 valence electrons. The van der Waals surface area contributed by atoms with Gasteiger partial charge in [0, 0.05) is 18.7 Å². The molecule has 0 bridgehead atoms. The lowest BCUT2D eigenvalue weighted by Gasteiger charge is -2.18. The summed E-state index contributed by atoms with van der Waals surface area (Å²) in [5.74, 6) is 0.630. The van der Waals surface area contributed by atoms with Crippen molar-refractivity contribution >= 4 is 17.0 Å². The minimum absolute atomic E-state index is 0.160. The highest BCUT2D eigenvalue weighted by Gasteiger charge is 2.25. The van der Waals surface area contributed by atoms with Gasteiger partial charge >= 0.3 is 5.97 Å². The summed E-state index contributed by atoms with van der Waals surface area (Å²) in [7, 11) is 0. The summed E-state index contributed by atoms with van der Waals surface area (Å²) < 4.78 is 12.8. The lowest BCUT2D eigenvalue weighted by Crippen LogP contribution is -2.24. The van der Waals surface area contributed by atoms with E-state index in [4.69, 9.17) is 9.47 Å². The van der Waals surface area contributed by atoms with E-state index in [2.05, 4.69) is 9.97 Å². The zero-order chi connectivity index (χ0) is 17.2. The zero-order valence-corrected chi connectivity index (χ0v) is 14.0. The van der Waals surface area contributed by atoms with E-state index in [1.165, 1.54) is 0 Å². The lowest BCUT2D eigenvalue weighted by atomic mass is 10.0. The van der Waals surface area contributed by atoms with Crippen LogP contribution in [0.2, 0.25) is 0 Å². The van der Waals surface area contributed by atoms with Gasteiger partial charge in [-0.3, -0.25) is 4.57 Å². The average Bonchev–Trinajstić information content (AvgIpc) is 3.32. The van der Waals surface area contributed by atoms with Crippen LogP contribution in [0.1, 0.15) is 23.7 Å². The third-order valence-electron chi connectivity index (χ3n) is 4.61. The van der Waals surface area contributed by atoms with Gasteiger partial charge in [0.15, 0.2) is 0 Å². The second kappa shape index (κ2) is 6.64. The van der Waals surface area contributed by atoms with Crippen molar-refractivity contribution in [1.82, 2.24) is 14.5 Å². The van der Waals surface area contributed by atoms with E-state index in [1.807, 2.05) is 35.8 Å². The predicted molar refractivity (Wildman–Crippen MR) is 92.7 cm³/mol. The highest BCUT2D eigenvalue weighted by Crippen LogP contribution is 2.20. The second-order valence-electron chi connectivity index (χ2n) is 6.24. The molecule has 2 aromatic heterocycles. The standard InChI is InChI=1S/C19H19N3O3/c1-13(15-8-9-24-11-15)25-19(23)14-6-7-18(20-10-14)22-12-21-16-4-2-3-5-17(16)22/h2-7,10,12-13,15H,8-9,11H2,1H3/t13-,15-/m0/s1.